The van der Waals surface area contributed by atoms with Crippen LogP contribution in [0, 0.1) is 6.92 Å². The molecule has 0 bridgehead atoms. The normalized spacial score (nSPS) is 18.9. The van der Waals surface area contributed by atoms with E-state index in [9.17, 15) is 0 Å². The van der Waals surface area contributed by atoms with E-state index in [-0.39, 0.29) is 5.54 Å². The molecule has 0 saturated carbocycles. The van der Waals surface area contributed by atoms with Crippen LogP contribution < -0.4 is 9.64 Å². The van der Waals surface area contributed by atoms with Gasteiger partial charge in [-0.15, -0.1) is 0 Å². The van der Waals surface area contributed by atoms with E-state index >= 15 is 0 Å². The van der Waals surface area contributed by atoms with Crippen molar-refractivity contribution in [1.29, 1.82) is 0 Å². The zero-order valence-electron chi connectivity index (χ0n) is 16.4. The fourth-order valence-corrected chi connectivity index (χ4v) is 4.01. The first-order chi connectivity index (χ1) is 12.2. The number of hydrogen-bond acceptors (Lipinski definition) is 3. The number of ether oxygens (including phenoxy) is 1. The van der Waals surface area contributed by atoms with Gasteiger partial charge in [0.25, 0.3) is 0 Å². The maximum Gasteiger partial charge on any atom is 0.137 e. The summed E-state index contributed by atoms with van der Waals surface area (Å²) in [5.41, 5.74) is 6.09. The second kappa shape index (κ2) is 6.96. The number of aliphatic imine (C=N–C) groups is 1. The highest BCUT2D eigenvalue weighted by molar-refractivity contribution is 6.32. The third kappa shape index (κ3) is 3.45. The summed E-state index contributed by atoms with van der Waals surface area (Å²) < 4.78 is 5.19. The smallest absolute Gasteiger partial charge is 0.137 e. The van der Waals surface area contributed by atoms with Crippen molar-refractivity contribution >= 4 is 29.2 Å². The molecule has 0 unspecified atom stereocenters. The van der Waals surface area contributed by atoms with Crippen molar-refractivity contribution < 1.29 is 4.74 Å². The largest absolute Gasteiger partial charge is 0.495 e. The summed E-state index contributed by atoms with van der Waals surface area (Å²) in [6.45, 7) is 9.07. The second-order valence-corrected chi connectivity index (χ2v) is 8.23. The van der Waals surface area contributed by atoms with Gasteiger partial charge in [0.2, 0.25) is 0 Å². The third-order valence-corrected chi connectivity index (χ3v) is 5.80. The molecule has 1 heterocycles. The van der Waals surface area contributed by atoms with Crippen molar-refractivity contribution in [3.05, 3.63) is 52.0 Å². The first kappa shape index (κ1) is 18.8. The quantitative estimate of drug-likeness (QED) is 0.607. The molecule has 3 nitrogen and oxygen atoms in total. The van der Waals surface area contributed by atoms with Gasteiger partial charge in [0.1, 0.15) is 5.75 Å². The molecule has 2 aromatic carbocycles. The summed E-state index contributed by atoms with van der Waals surface area (Å²) in [6.07, 6.45) is 3.07. The molecule has 1 atom stereocenters. The Balaban J connectivity index is 1.95. The lowest BCUT2D eigenvalue weighted by Crippen LogP contribution is -2.45. The van der Waals surface area contributed by atoms with Gasteiger partial charge in [0.15, 0.2) is 0 Å². The van der Waals surface area contributed by atoms with Crippen molar-refractivity contribution in [2.45, 2.75) is 45.6 Å². The number of methoxy groups -OCH3 is 1. The first-order valence-electron chi connectivity index (χ1n) is 8.99. The number of halogens is 1. The average molecular weight is 371 g/mol. The van der Waals surface area contributed by atoms with E-state index in [1.54, 1.807) is 7.11 Å². The second-order valence-electron chi connectivity index (χ2n) is 7.82. The van der Waals surface area contributed by atoms with Crippen LogP contribution in [0.5, 0.6) is 5.75 Å². The number of benzene rings is 2. The molecule has 26 heavy (non-hydrogen) atoms. The van der Waals surface area contributed by atoms with Crippen LogP contribution in [-0.4, -0.2) is 25.9 Å². The van der Waals surface area contributed by atoms with E-state index in [2.05, 4.69) is 56.8 Å². The molecule has 1 aliphatic rings. The summed E-state index contributed by atoms with van der Waals surface area (Å²) >= 11 is 6.19. The fourth-order valence-electron chi connectivity index (χ4n) is 3.75. The molecule has 0 radical (unpaired) electrons. The van der Waals surface area contributed by atoms with Crippen LogP contribution >= 0.6 is 11.6 Å². The maximum absolute atomic E-state index is 6.19. The molecular formula is C22H27ClN2O. The van der Waals surface area contributed by atoms with Crippen LogP contribution in [0.3, 0.4) is 0 Å². The molecule has 0 saturated heterocycles. The monoisotopic (exact) mass is 370 g/mol. The lowest BCUT2D eigenvalue weighted by molar-refractivity contribution is 0.395. The van der Waals surface area contributed by atoms with E-state index < -0.39 is 0 Å². The Morgan fingerprint density at radius 2 is 2.00 bits per heavy atom. The Labute approximate surface area is 161 Å². The van der Waals surface area contributed by atoms with Gasteiger partial charge >= 0.3 is 0 Å². The molecule has 0 aromatic heterocycles. The van der Waals surface area contributed by atoms with Gasteiger partial charge in [-0.2, -0.15) is 0 Å². The van der Waals surface area contributed by atoms with Crippen molar-refractivity contribution in [2.24, 2.45) is 4.99 Å². The maximum atomic E-state index is 6.19. The van der Waals surface area contributed by atoms with Gasteiger partial charge < -0.3 is 9.64 Å². The van der Waals surface area contributed by atoms with Crippen LogP contribution in [0.1, 0.15) is 49.8 Å². The standard InChI is InChI=1S/C22H27ClN2O/c1-14-9-20-18(15(2)12-22(3,4)25(20)5)10-16(14)13-24-17-7-8-21(26-6)19(23)11-17/h7-11,13,15H,12H2,1-6H3/t15-/m0/s1. The number of hydrogen-bond donors (Lipinski definition) is 0. The summed E-state index contributed by atoms with van der Waals surface area (Å²) in [7, 11) is 3.80. The lowest BCUT2D eigenvalue weighted by Gasteiger charge is -2.45. The van der Waals surface area contributed by atoms with Gasteiger partial charge in [-0.3, -0.25) is 4.99 Å². The zero-order chi connectivity index (χ0) is 19.1. The van der Waals surface area contributed by atoms with E-state index in [1.807, 2.05) is 24.4 Å². The average Bonchev–Trinajstić information content (AvgIpc) is 2.58. The fraction of sp³-hybridized carbons (Fsp3) is 0.409. The molecule has 4 heteroatoms. The predicted octanol–water partition coefficient (Wildman–Crippen LogP) is 6.13. The molecular weight excluding hydrogens is 344 g/mol. The highest BCUT2D eigenvalue weighted by atomic mass is 35.5. The van der Waals surface area contributed by atoms with Gasteiger partial charge in [-0.1, -0.05) is 18.5 Å². The zero-order valence-corrected chi connectivity index (χ0v) is 17.2. The minimum atomic E-state index is 0.175. The van der Waals surface area contributed by atoms with Crippen molar-refractivity contribution in [3.63, 3.8) is 0 Å². The van der Waals surface area contributed by atoms with Crippen molar-refractivity contribution in [3.8, 4) is 5.75 Å². The van der Waals surface area contributed by atoms with E-state index in [1.165, 1.54) is 16.8 Å². The molecule has 3 rings (SSSR count). The van der Waals surface area contributed by atoms with Crippen LogP contribution in [0.25, 0.3) is 0 Å². The topological polar surface area (TPSA) is 24.8 Å². The molecule has 0 N–H and O–H groups in total. The highest BCUT2D eigenvalue weighted by Crippen LogP contribution is 2.43. The summed E-state index contributed by atoms with van der Waals surface area (Å²) in [4.78, 5) is 7.02. The Morgan fingerprint density at radius 3 is 2.65 bits per heavy atom. The lowest BCUT2D eigenvalue weighted by atomic mass is 9.79. The van der Waals surface area contributed by atoms with Gasteiger partial charge in [0.05, 0.1) is 17.8 Å². The minimum absolute atomic E-state index is 0.175. The van der Waals surface area contributed by atoms with Crippen molar-refractivity contribution in [1.82, 2.24) is 0 Å². The predicted molar refractivity (Wildman–Crippen MR) is 112 cm³/mol. The minimum Gasteiger partial charge on any atom is -0.495 e. The Bertz CT molecular complexity index is 857. The number of rotatable bonds is 3. The van der Waals surface area contributed by atoms with Crippen LogP contribution in [-0.2, 0) is 0 Å². The van der Waals surface area contributed by atoms with Crippen LogP contribution in [0.15, 0.2) is 35.3 Å². The van der Waals surface area contributed by atoms with E-state index in [4.69, 9.17) is 16.3 Å². The van der Waals surface area contributed by atoms with Crippen molar-refractivity contribution in [2.75, 3.05) is 19.1 Å². The van der Waals surface area contributed by atoms with Gasteiger partial charge in [-0.05, 0) is 80.1 Å². The Morgan fingerprint density at radius 1 is 1.27 bits per heavy atom. The first-order valence-corrected chi connectivity index (χ1v) is 9.36. The number of aryl methyl sites for hydroxylation is 1. The molecule has 138 valence electrons. The molecule has 0 amide bonds. The molecule has 1 aliphatic heterocycles. The Kier molecular flexibility index (Phi) is 5.03. The molecule has 0 spiro atoms. The summed E-state index contributed by atoms with van der Waals surface area (Å²) in [5.74, 6) is 1.19. The number of fused-ring (bicyclic) bond motifs is 1. The molecule has 0 fully saturated rings. The summed E-state index contributed by atoms with van der Waals surface area (Å²) in [5, 5.41) is 0.571. The van der Waals surface area contributed by atoms with Crippen LogP contribution in [0.4, 0.5) is 11.4 Å². The molecule has 0 aliphatic carbocycles. The van der Waals surface area contributed by atoms with E-state index in [0.29, 0.717) is 16.7 Å². The van der Waals surface area contributed by atoms with Crippen LogP contribution in [0.2, 0.25) is 5.02 Å². The van der Waals surface area contributed by atoms with Gasteiger partial charge in [-0.25, -0.2) is 0 Å². The molecule has 2 aromatic rings. The highest BCUT2D eigenvalue weighted by Gasteiger charge is 2.34. The van der Waals surface area contributed by atoms with Gasteiger partial charge in [0, 0.05) is 24.5 Å². The SMILES string of the molecule is COc1ccc(N=Cc2cc3c(cc2C)N(C)C(C)(C)C[C@@H]3C)cc1Cl. The summed E-state index contributed by atoms with van der Waals surface area (Å²) in [6, 6.07) is 10.1. The third-order valence-electron chi connectivity index (χ3n) is 5.51. The van der Waals surface area contributed by atoms with E-state index in [0.717, 1.165) is 17.7 Å². The Hall–Kier alpha value is -2.00. The number of nitrogens with zero attached hydrogens (tertiary/aromatic N) is 2. The number of anilines is 1.